The van der Waals surface area contributed by atoms with Gasteiger partial charge in [-0.2, -0.15) is 0 Å². The number of aliphatic hydroxyl groups excluding tert-OH is 1. The molecule has 0 heterocycles. The molecule has 1 atom stereocenters. The van der Waals surface area contributed by atoms with Crippen LogP contribution in [0.15, 0.2) is 18.2 Å². The smallest absolute Gasteiger partial charge is 0.139 e. The first-order chi connectivity index (χ1) is 6.59. The Hall–Kier alpha value is -0.440. The summed E-state index contributed by atoms with van der Waals surface area (Å²) in [5, 5.41) is 10.1. The molecule has 1 N–H and O–H groups in total. The molecule has 78 valence electrons. The lowest BCUT2D eigenvalue weighted by Gasteiger charge is -2.09. The standard InChI is InChI=1S/C10H12Cl2O2/c1-7(13)4-5-14-10-6-8(11)2-3-9(10)12/h2-3,6-7,13H,4-5H2,1H3. The first-order valence-electron chi connectivity index (χ1n) is 4.35. The van der Waals surface area contributed by atoms with Crippen LogP contribution in [0.4, 0.5) is 0 Å². The van der Waals surface area contributed by atoms with Crippen molar-refractivity contribution in [2.24, 2.45) is 0 Å². The van der Waals surface area contributed by atoms with E-state index in [0.717, 1.165) is 0 Å². The average molecular weight is 235 g/mol. The number of benzene rings is 1. The summed E-state index contributed by atoms with van der Waals surface area (Å²) < 4.78 is 5.35. The van der Waals surface area contributed by atoms with Crippen LogP contribution in [0.1, 0.15) is 13.3 Å². The zero-order valence-corrected chi connectivity index (χ0v) is 9.35. The van der Waals surface area contributed by atoms with E-state index in [1.54, 1.807) is 25.1 Å². The highest BCUT2D eigenvalue weighted by molar-refractivity contribution is 6.34. The molecule has 1 aromatic carbocycles. The number of hydrogen-bond acceptors (Lipinski definition) is 2. The third kappa shape index (κ3) is 3.74. The van der Waals surface area contributed by atoms with Crippen LogP contribution in [-0.2, 0) is 0 Å². The SMILES string of the molecule is CC(O)CCOc1cc(Cl)ccc1Cl. The molecule has 0 bridgehead atoms. The summed E-state index contributed by atoms with van der Waals surface area (Å²) in [7, 11) is 0. The molecule has 14 heavy (non-hydrogen) atoms. The Bertz CT molecular complexity index is 300. The van der Waals surface area contributed by atoms with Gasteiger partial charge in [-0.25, -0.2) is 0 Å². The summed E-state index contributed by atoms with van der Waals surface area (Å²) in [5.74, 6) is 0.555. The Morgan fingerprint density at radius 3 is 2.79 bits per heavy atom. The number of aliphatic hydroxyl groups is 1. The van der Waals surface area contributed by atoms with E-state index >= 15 is 0 Å². The van der Waals surface area contributed by atoms with Gasteiger partial charge in [0.25, 0.3) is 0 Å². The predicted octanol–water partition coefficient (Wildman–Crippen LogP) is 3.14. The molecule has 0 aliphatic rings. The number of ether oxygens (including phenoxy) is 1. The molecule has 2 nitrogen and oxygen atoms in total. The Balaban J connectivity index is 2.53. The lowest BCUT2D eigenvalue weighted by Crippen LogP contribution is -2.07. The first-order valence-corrected chi connectivity index (χ1v) is 5.11. The van der Waals surface area contributed by atoms with Crippen molar-refractivity contribution in [3.05, 3.63) is 28.2 Å². The molecule has 0 fully saturated rings. The monoisotopic (exact) mass is 234 g/mol. The summed E-state index contributed by atoms with van der Waals surface area (Å²) in [4.78, 5) is 0. The molecule has 0 saturated carbocycles. The van der Waals surface area contributed by atoms with Crippen molar-refractivity contribution in [1.29, 1.82) is 0 Å². The van der Waals surface area contributed by atoms with Gasteiger partial charge in [0.05, 0.1) is 17.7 Å². The van der Waals surface area contributed by atoms with Crippen LogP contribution in [0.2, 0.25) is 10.0 Å². The van der Waals surface area contributed by atoms with Crippen LogP contribution >= 0.6 is 23.2 Å². The summed E-state index contributed by atoms with van der Waals surface area (Å²) >= 11 is 11.6. The lowest BCUT2D eigenvalue weighted by atomic mass is 10.3. The van der Waals surface area contributed by atoms with Crippen LogP contribution in [0, 0.1) is 0 Å². The second-order valence-corrected chi connectivity index (χ2v) is 3.90. The second kappa shape index (κ2) is 5.44. The Morgan fingerprint density at radius 2 is 2.14 bits per heavy atom. The third-order valence-electron chi connectivity index (χ3n) is 1.69. The maximum atomic E-state index is 9.02. The summed E-state index contributed by atoms with van der Waals surface area (Å²) in [5.41, 5.74) is 0. The van der Waals surface area contributed by atoms with Gasteiger partial charge >= 0.3 is 0 Å². The summed E-state index contributed by atoms with van der Waals surface area (Å²) in [6.45, 7) is 2.14. The van der Waals surface area contributed by atoms with E-state index in [4.69, 9.17) is 33.0 Å². The number of halogens is 2. The molecule has 1 rings (SSSR count). The number of rotatable bonds is 4. The van der Waals surface area contributed by atoms with Crippen molar-refractivity contribution >= 4 is 23.2 Å². The van der Waals surface area contributed by atoms with Gasteiger partial charge in [0.2, 0.25) is 0 Å². The zero-order valence-electron chi connectivity index (χ0n) is 7.84. The first kappa shape index (κ1) is 11.6. The molecular formula is C10H12Cl2O2. The fourth-order valence-electron chi connectivity index (χ4n) is 0.927. The van der Waals surface area contributed by atoms with E-state index in [9.17, 15) is 0 Å². The highest BCUT2D eigenvalue weighted by Crippen LogP contribution is 2.27. The van der Waals surface area contributed by atoms with E-state index < -0.39 is 0 Å². The minimum Gasteiger partial charge on any atom is -0.492 e. The van der Waals surface area contributed by atoms with Gasteiger partial charge in [0.15, 0.2) is 0 Å². The van der Waals surface area contributed by atoms with Crippen LogP contribution in [-0.4, -0.2) is 17.8 Å². The van der Waals surface area contributed by atoms with Crippen LogP contribution in [0.25, 0.3) is 0 Å². The molecule has 0 aliphatic heterocycles. The van der Waals surface area contributed by atoms with Crippen molar-refractivity contribution in [2.45, 2.75) is 19.4 Å². The lowest BCUT2D eigenvalue weighted by molar-refractivity contribution is 0.155. The molecule has 0 spiro atoms. The summed E-state index contributed by atoms with van der Waals surface area (Å²) in [6.07, 6.45) is 0.205. The molecule has 0 amide bonds. The molecular weight excluding hydrogens is 223 g/mol. The van der Waals surface area contributed by atoms with Gasteiger partial charge in [-0.15, -0.1) is 0 Å². The van der Waals surface area contributed by atoms with E-state index in [-0.39, 0.29) is 6.10 Å². The fraction of sp³-hybridized carbons (Fsp3) is 0.400. The van der Waals surface area contributed by atoms with Gasteiger partial charge < -0.3 is 9.84 Å². The Labute approximate surface area is 93.4 Å². The topological polar surface area (TPSA) is 29.5 Å². The molecule has 0 saturated heterocycles. The van der Waals surface area contributed by atoms with Crippen molar-refractivity contribution in [3.8, 4) is 5.75 Å². The zero-order chi connectivity index (χ0) is 10.6. The van der Waals surface area contributed by atoms with Crippen molar-refractivity contribution in [1.82, 2.24) is 0 Å². The average Bonchev–Trinajstić information content (AvgIpc) is 2.10. The largest absolute Gasteiger partial charge is 0.492 e. The Morgan fingerprint density at radius 1 is 1.43 bits per heavy atom. The predicted molar refractivity (Wildman–Crippen MR) is 58.3 cm³/mol. The van der Waals surface area contributed by atoms with Crippen LogP contribution in [0.5, 0.6) is 5.75 Å². The Kier molecular flexibility index (Phi) is 4.52. The van der Waals surface area contributed by atoms with Gasteiger partial charge in [-0.05, 0) is 19.1 Å². The van der Waals surface area contributed by atoms with E-state index in [1.165, 1.54) is 0 Å². The highest BCUT2D eigenvalue weighted by atomic mass is 35.5. The summed E-state index contributed by atoms with van der Waals surface area (Å²) in [6, 6.07) is 5.04. The van der Waals surface area contributed by atoms with Gasteiger partial charge in [0.1, 0.15) is 5.75 Å². The van der Waals surface area contributed by atoms with Crippen molar-refractivity contribution in [2.75, 3.05) is 6.61 Å². The molecule has 0 aromatic heterocycles. The maximum Gasteiger partial charge on any atom is 0.139 e. The van der Waals surface area contributed by atoms with Gasteiger partial charge in [-0.3, -0.25) is 0 Å². The highest BCUT2D eigenvalue weighted by Gasteiger charge is 2.03. The van der Waals surface area contributed by atoms with Crippen molar-refractivity contribution < 1.29 is 9.84 Å². The number of hydrogen-bond donors (Lipinski definition) is 1. The van der Waals surface area contributed by atoms with Gasteiger partial charge in [-0.1, -0.05) is 23.2 Å². The van der Waals surface area contributed by atoms with Crippen LogP contribution < -0.4 is 4.74 Å². The van der Waals surface area contributed by atoms with Gasteiger partial charge in [0, 0.05) is 17.5 Å². The second-order valence-electron chi connectivity index (χ2n) is 3.06. The molecule has 0 aliphatic carbocycles. The maximum absolute atomic E-state index is 9.02. The van der Waals surface area contributed by atoms with E-state index in [1.807, 2.05) is 0 Å². The van der Waals surface area contributed by atoms with E-state index in [2.05, 4.69) is 0 Å². The molecule has 1 unspecified atom stereocenters. The third-order valence-corrected chi connectivity index (χ3v) is 2.23. The normalized spacial score (nSPS) is 12.6. The van der Waals surface area contributed by atoms with Crippen molar-refractivity contribution in [3.63, 3.8) is 0 Å². The quantitative estimate of drug-likeness (QED) is 0.868. The minimum atomic E-state index is -0.368. The molecule has 4 heteroatoms. The fourth-order valence-corrected chi connectivity index (χ4v) is 1.26. The minimum absolute atomic E-state index is 0.368. The molecule has 0 radical (unpaired) electrons. The van der Waals surface area contributed by atoms with Crippen LogP contribution in [0.3, 0.4) is 0 Å². The van der Waals surface area contributed by atoms with E-state index in [0.29, 0.717) is 28.8 Å². The molecule has 1 aromatic rings.